The molecule has 0 fully saturated rings. The van der Waals surface area contributed by atoms with Gasteiger partial charge in [0.1, 0.15) is 5.75 Å². The van der Waals surface area contributed by atoms with Crippen LogP contribution >= 0.6 is 31.9 Å². The topological polar surface area (TPSA) is 50.4 Å². The molecule has 0 radical (unpaired) electrons. The van der Waals surface area contributed by atoms with Crippen LogP contribution in [0.1, 0.15) is 19.4 Å². The lowest BCUT2D eigenvalue weighted by Crippen LogP contribution is -2.28. The first-order valence-electron chi connectivity index (χ1n) is 6.65. The van der Waals surface area contributed by atoms with Gasteiger partial charge in [-0.15, -0.1) is 6.58 Å². The second-order valence-electron chi connectivity index (χ2n) is 4.81. The first-order chi connectivity index (χ1) is 9.93. The highest BCUT2D eigenvalue weighted by atomic mass is 79.9. The Morgan fingerprint density at radius 3 is 2.52 bits per heavy atom. The van der Waals surface area contributed by atoms with Crippen molar-refractivity contribution in [2.45, 2.75) is 26.4 Å². The smallest absolute Gasteiger partial charge is 0.258 e. The molecule has 1 aromatic carbocycles. The third kappa shape index (κ3) is 6.63. The quantitative estimate of drug-likeness (QED) is 0.635. The summed E-state index contributed by atoms with van der Waals surface area (Å²) in [6, 6.07) is 4.39. The predicted octanol–water partition coefficient (Wildman–Crippen LogP) is 3.39. The van der Waals surface area contributed by atoms with E-state index < -0.39 is 0 Å². The number of ether oxygens (including phenoxy) is 1. The van der Waals surface area contributed by atoms with E-state index in [0.29, 0.717) is 18.3 Å². The lowest BCUT2D eigenvalue weighted by atomic mass is 10.2. The summed E-state index contributed by atoms with van der Waals surface area (Å²) in [5, 5.41) is 6.02. The van der Waals surface area contributed by atoms with Gasteiger partial charge in [0, 0.05) is 19.1 Å². The Kier molecular flexibility index (Phi) is 8.00. The summed E-state index contributed by atoms with van der Waals surface area (Å²) in [6.45, 7) is 8.92. The second-order valence-corrected chi connectivity index (χ2v) is 6.51. The summed E-state index contributed by atoms with van der Waals surface area (Å²) in [6.07, 6.45) is 1.63. The van der Waals surface area contributed by atoms with Crippen LogP contribution in [-0.4, -0.2) is 25.1 Å². The number of hydrogen-bond donors (Lipinski definition) is 2. The van der Waals surface area contributed by atoms with Gasteiger partial charge in [-0.2, -0.15) is 0 Å². The van der Waals surface area contributed by atoms with Crippen LogP contribution in [0, 0.1) is 0 Å². The molecule has 0 bridgehead atoms. The molecule has 0 aromatic heterocycles. The van der Waals surface area contributed by atoms with E-state index in [-0.39, 0.29) is 12.5 Å². The molecule has 4 nitrogen and oxygen atoms in total. The monoisotopic (exact) mass is 418 g/mol. The van der Waals surface area contributed by atoms with E-state index >= 15 is 0 Å². The van der Waals surface area contributed by atoms with Crippen molar-refractivity contribution < 1.29 is 9.53 Å². The normalized spacial score (nSPS) is 10.5. The van der Waals surface area contributed by atoms with Gasteiger partial charge in [0.25, 0.3) is 5.91 Å². The van der Waals surface area contributed by atoms with E-state index in [1.54, 1.807) is 6.08 Å². The fraction of sp³-hybridized carbons (Fsp3) is 0.400. The summed E-state index contributed by atoms with van der Waals surface area (Å²) in [5.41, 5.74) is 1.13. The Bertz CT molecular complexity index is 481. The molecule has 1 rings (SSSR count). The van der Waals surface area contributed by atoms with Gasteiger partial charge in [-0.05, 0) is 49.6 Å². The molecule has 0 aliphatic rings. The Morgan fingerprint density at radius 1 is 1.38 bits per heavy atom. The van der Waals surface area contributed by atoms with Crippen molar-refractivity contribution in [3.05, 3.63) is 39.3 Å². The minimum atomic E-state index is -0.181. The molecule has 0 saturated carbocycles. The highest BCUT2D eigenvalue weighted by Gasteiger charge is 2.11. The van der Waals surface area contributed by atoms with Crippen molar-refractivity contribution in [1.29, 1.82) is 0 Å². The summed E-state index contributed by atoms with van der Waals surface area (Å²) < 4.78 is 7.17. The molecule has 0 heterocycles. The Balaban J connectivity index is 2.67. The van der Waals surface area contributed by atoms with Gasteiger partial charge in [-0.3, -0.25) is 4.79 Å². The Morgan fingerprint density at radius 2 is 2.00 bits per heavy atom. The number of halogens is 2. The molecule has 1 aromatic rings. The van der Waals surface area contributed by atoms with Gasteiger partial charge in [0.05, 0.1) is 8.95 Å². The van der Waals surface area contributed by atoms with Gasteiger partial charge < -0.3 is 15.4 Å². The van der Waals surface area contributed by atoms with E-state index in [9.17, 15) is 4.79 Å². The molecule has 0 saturated heterocycles. The van der Waals surface area contributed by atoms with Crippen molar-refractivity contribution in [2.75, 3.05) is 13.2 Å². The molecule has 1 amide bonds. The van der Waals surface area contributed by atoms with Gasteiger partial charge in [-0.1, -0.05) is 19.9 Å². The molecule has 0 spiro atoms. The summed E-state index contributed by atoms with van der Waals surface area (Å²) >= 11 is 6.95. The molecule has 21 heavy (non-hydrogen) atoms. The number of carbonyl (C=O) groups is 1. The predicted molar refractivity (Wildman–Crippen MR) is 92.5 cm³/mol. The SMILES string of the molecule is C=CCNC(=O)COc1c(Br)cc(CNC(C)C)cc1Br. The average Bonchev–Trinajstić information content (AvgIpc) is 2.41. The Hall–Kier alpha value is -0.850. The summed E-state index contributed by atoms with van der Waals surface area (Å²) in [7, 11) is 0. The Labute approximate surface area is 142 Å². The van der Waals surface area contributed by atoms with Crippen LogP contribution in [0.25, 0.3) is 0 Å². The van der Waals surface area contributed by atoms with Crippen molar-refractivity contribution in [2.24, 2.45) is 0 Å². The molecule has 0 aliphatic heterocycles. The third-order valence-electron chi connectivity index (χ3n) is 2.56. The van der Waals surface area contributed by atoms with Crippen molar-refractivity contribution >= 4 is 37.8 Å². The molecule has 2 N–H and O–H groups in total. The van der Waals surface area contributed by atoms with Crippen LogP contribution in [0.5, 0.6) is 5.75 Å². The molecule has 6 heteroatoms. The number of nitrogens with one attached hydrogen (secondary N) is 2. The standard InChI is InChI=1S/C15H20Br2N2O2/c1-4-5-18-14(20)9-21-15-12(16)6-11(7-13(15)17)8-19-10(2)3/h4,6-7,10,19H,1,5,8-9H2,2-3H3,(H,18,20). The van der Waals surface area contributed by atoms with E-state index in [0.717, 1.165) is 21.1 Å². The fourth-order valence-corrected chi connectivity index (χ4v) is 3.06. The zero-order chi connectivity index (χ0) is 15.8. The van der Waals surface area contributed by atoms with Crippen LogP contribution in [0.3, 0.4) is 0 Å². The minimum absolute atomic E-state index is 0.0331. The lowest BCUT2D eigenvalue weighted by molar-refractivity contribution is -0.122. The molecule has 0 unspecified atom stereocenters. The molecular formula is C15H20Br2N2O2. The number of rotatable bonds is 8. The molecular weight excluding hydrogens is 400 g/mol. The number of benzene rings is 1. The van der Waals surface area contributed by atoms with Crippen molar-refractivity contribution in [1.82, 2.24) is 10.6 Å². The maximum Gasteiger partial charge on any atom is 0.258 e. The van der Waals surface area contributed by atoms with Gasteiger partial charge >= 0.3 is 0 Å². The number of amides is 1. The summed E-state index contributed by atoms with van der Waals surface area (Å²) in [5.74, 6) is 0.441. The molecule has 116 valence electrons. The van der Waals surface area contributed by atoms with Gasteiger partial charge in [-0.25, -0.2) is 0 Å². The first kappa shape index (κ1) is 18.2. The second kappa shape index (κ2) is 9.23. The first-order valence-corrected chi connectivity index (χ1v) is 8.24. The van der Waals surface area contributed by atoms with E-state index in [2.05, 4.69) is 62.9 Å². The van der Waals surface area contributed by atoms with Crippen LogP contribution in [0.2, 0.25) is 0 Å². The maximum atomic E-state index is 11.5. The maximum absolute atomic E-state index is 11.5. The minimum Gasteiger partial charge on any atom is -0.481 e. The largest absolute Gasteiger partial charge is 0.481 e. The highest BCUT2D eigenvalue weighted by Crippen LogP contribution is 2.34. The number of hydrogen-bond acceptors (Lipinski definition) is 3. The summed E-state index contributed by atoms with van der Waals surface area (Å²) in [4.78, 5) is 11.5. The van der Waals surface area contributed by atoms with E-state index in [1.807, 2.05) is 12.1 Å². The zero-order valence-electron chi connectivity index (χ0n) is 12.2. The average molecular weight is 420 g/mol. The molecule has 0 atom stereocenters. The number of carbonyl (C=O) groups excluding carboxylic acids is 1. The van der Waals surface area contributed by atoms with Crippen molar-refractivity contribution in [3.63, 3.8) is 0 Å². The van der Waals surface area contributed by atoms with Crippen LogP contribution in [0.4, 0.5) is 0 Å². The van der Waals surface area contributed by atoms with Gasteiger partial charge in [0.2, 0.25) is 0 Å². The van der Waals surface area contributed by atoms with E-state index in [4.69, 9.17) is 4.74 Å². The highest BCUT2D eigenvalue weighted by molar-refractivity contribution is 9.11. The zero-order valence-corrected chi connectivity index (χ0v) is 15.4. The van der Waals surface area contributed by atoms with Gasteiger partial charge in [0.15, 0.2) is 6.61 Å². The van der Waals surface area contributed by atoms with Crippen LogP contribution < -0.4 is 15.4 Å². The fourth-order valence-electron chi connectivity index (χ4n) is 1.55. The third-order valence-corrected chi connectivity index (χ3v) is 3.74. The molecule has 0 aliphatic carbocycles. The lowest BCUT2D eigenvalue weighted by Gasteiger charge is -2.13. The van der Waals surface area contributed by atoms with Crippen molar-refractivity contribution in [3.8, 4) is 5.75 Å². The van der Waals surface area contributed by atoms with E-state index in [1.165, 1.54) is 0 Å². The van der Waals surface area contributed by atoms with Crippen LogP contribution in [-0.2, 0) is 11.3 Å². The van der Waals surface area contributed by atoms with Crippen LogP contribution in [0.15, 0.2) is 33.7 Å².